The smallest absolute Gasteiger partial charge is 0.427 e. The van der Waals surface area contributed by atoms with Crippen LogP contribution in [0.25, 0.3) is 0 Å². The van der Waals surface area contributed by atoms with Gasteiger partial charge in [-0.3, -0.25) is 0 Å². The summed E-state index contributed by atoms with van der Waals surface area (Å²) in [6.07, 6.45) is 1.48. The largest absolute Gasteiger partial charge is 0.451 e. The van der Waals surface area contributed by atoms with Crippen molar-refractivity contribution in [3.8, 4) is 0 Å². The third-order valence-corrected chi connectivity index (χ3v) is 3.24. The third kappa shape index (κ3) is 8.20. The molecule has 60 valence electrons. The summed E-state index contributed by atoms with van der Waals surface area (Å²) in [5.41, 5.74) is 0. The molecule has 0 aromatic heterocycles. The first-order valence-electron chi connectivity index (χ1n) is 3.78. The number of rotatable bonds is 4. The Labute approximate surface area is 64.4 Å². The molecule has 0 aromatic carbocycles. The molecule has 0 bridgehead atoms. The van der Waals surface area contributed by atoms with Crippen LogP contribution in [0, 0.1) is 0 Å². The topological polar surface area (TPSA) is 40.5 Å². The first kappa shape index (κ1) is 10.2. The van der Waals surface area contributed by atoms with E-state index in [1.165, 1.54) is 6.04 Å². The van der Waals surface area contributed by atoms with E-state index >= 15 is 0 Å². The van der Waals surface area contributed by atoms with E-state index in [2.05, 4.69) is 19.6 Å². The summed E-state index contributed by atoms with van der Waals surface area (Å²) >= 11 is 0. The summed E-state index contributed by atoms with van der Waals surface area (Å²) in [5.74, 6) is 0. The van der Waals surface area contributed by atoms with Gasteiger partial charge in [-0.25, -0.2) is 0 Å². The molecule has 0 saturated carbocycles. The zero-order valence-electron chi connectivity index (χ0n) is 7.09. The van der Waals surface area contributed by atoms with Gasteiger partial charge in [-0.05, 0) is 6.32 Å². The Morgan fingerprint density at radius 3 is 2.00 bits per heavy atom. The van der Waals surface area contributed by atoms with Crippen molar-refractivity contribution in [2.24, 2.45) is 0 Å². The fourth-order valence-corrected chi connectivity index (χ4v) is 2.08. The molecule has 4 heteroatoms. The predicted molar refractivity (Wildman–Crippen MR) is 47.8 cm³/mol. The van der Waals surface area contributed by atoms with Crippen molar-refractivity contribution < 1.29 is 10.0 Å². The highest BCUT2D eigenvalue weighted by atomic mass is 28.3. The fraction of sp³-hybridized carbons (Fsp3) is 1.00. The van der Waals surface area contributed by atoms with Gasteiger partial charge in [0.15, 0.2) is 0 Å². The second-order valence-electron chi connectivity index (χ2n) is 3.93. The molecule has 0 radical (unpaired) electrons. The lowest BCUT2D eigenvalue weighted by atomic mass is 9.85. The maximum atomic E-state index is 8.52. The van der Waals surface area contributed by atoms with Crippen molar-refractivity contribution in [2.45, 2.75) is 38.4 Å². The molecule has 0 aliphatic rings. The lowest BCUT2D eigenvalue weighted by Crippen LogP contribution is -2.20. The van der Waals surface area contributed by atoms with Gasteiger partial charge in [-0.15, -0.1) is 0 Å². The molecule has 0 spiro atoms. The Kier molecular flexibility index (Phi) is 4.24. The van der Waals surface area contributed by atoms with Crippen LogP contribution in [0.1, 0.15) is 6.42 Å². The van der Waals surface area contributed by atoms with Gasteiger partial charge in [0.05, 0.1) is 0 Å². The molecule has 0 atom stereocenters. The first-order valence-corrected chi connectivity index (χ1v) is 7.49. The maximum Gasteiger partial charge on any atom is 0.451 e. The van der Waals surface area contributed by atoms with Crippen LogP contribution in [-0.4, -0.2) is 25.2 Å². The maximum absolute atomic E-state index is 8.52. The molecule has 10 heavy (non-hydrogen) atoms. The second-order valence-corrected chi connectivity index (χ2v) is 9.55. The van der Waals surface area contributed by atoms with E-state index in [-0.39, 0.29) is 0 Å². The van der Waals surface area contributed by atoms with E-state index in [4.69, 9.17) is 10.0 Å². The van der Waals surface area contributed by atoms with Gasteiger partial charge in [-0.2, -0.15) is 0 Å². The lowest BCUT2D eigenvalue weighted by molar-refractivity contribution is 0.404. The zero-order chi connectivity index (χ0) is 8.20. The van der Waals surface area contributed by atoms with Crippen molar-refractivity contribution in [3.05, 3.63) is 0 Å². The second kappa shape index (κ2) is 4.16. The Hall–Kier alpha value is 0.202. The van der Waals surface area contributed by atoms with Gasteiger partial charge >= 0.3 is 7.12 Å². The van der Waals surface area contributed by atoms with Crippen LogP contribution < -0.4 is 0 Å². The lowest BCUT2D eigenvalue weighted by Gasteiger charge is -2.14. The standard InChI is InChI=1S/C6H17BO2Si/c1-10(2,3)6-4-5-7(8)9/h8-9H,4-6H2,1-3H3. The van der Waals surface area contributed by atoms with Crippen molar-refractivity contribution in [1.82, 2.24) is 0 Å². The number of hydrogen-bond donors (Lipinski definition) is 2. The molecular weight excluding hydrogens is 143 g/mol. The molecule has 2 N–H and O–H groups in total. The normalized spacial score (nSPS) is 11.7. The number of hydrogen-bond acceptors (Lipinski definition) is 2. The highest BCUT2D eigenvalue weighted by Crippen LogP contribution is 2.13. The molecule has 0 aromatic rings. The molecule has 0 saturated heterocycles. The van der Waals surface area contributed by atoms with Crippen LogP contribution in [-0.2, 0) is 0 Å². The quantitative estimate of drug-likeness (QED) is 0.606. The van der Waals surface area contributed by atoms with Crippen LogP contribution in [0.3, 0.4) is 0 Å². The van der Waals surface area contributed by atoms with Crippen molar-refractivity contribution in [2.75, 3.05) is 0 Å². The minimum Gasteiger partial charge on any atom is -0.427 e. The van der Waals surface area contributed by atoms with E-state index in [1.54, 1.807) is 0 Å². The van der Waals surface area contributed by atoms with Gasteiger partial charge in [-0.1, -0.05) is 32.1 Å². The Bertz CT molecular complexity index is 90.2. The molecule has 0 aliphatic carbocycles. The Morgan fingerprint density at radius 1 is 1.20 bits per heavy atom. The molecule has 0 heterocycles. The van der Waals surface area contributed by atoms with Crippen molar-refractivity contribution in [1.29, 1.82) is 0 Å². The minimum absolute atomic E-state index is 0.532. The van der Waals surface area contributed by atoms with Crippen LogP contribution in [0.4, 0.5) is 0 Å². The van der Waals surface area contributed by atoms with Gasteiger partial charge in [0.1, 0.15) is 0 Å². The van der Waals surface area contributed by atoms with Crippen LogP contribution >= 0.6 is 0 Å². The zero-order valence-corrected chi connectivity index (χ0v) is 8.09. The van der Waals surface area contributed by atoms with E-state index in [9.17, 15) is 0 Å². The monoisotopic (exact) mass is 160 g/mol. The van der Waals surface area contributed by atoms with E-state index in [1.807, 2.05) is 0 Å². The van der Waals surface area contributed by atoms with Gasteiger partial charge in [0.25, 0.3) is 0 Å². The summed E-state index contributed by atoms with van der Waals surface area (Å²) in [4.78, 5) is 0. The highest BCUT2D eigenvalue weighted by Gasteiger charge is 2.14. The Morgan fingerprint density at radius 2 is 1.70 bits per heavy atom. The van der Waals surface area contributed by atoms with E-state index < -0.39 is 15.2 Å². The van der Waals surface area contributed by atoms with Crippen LogP contribution in [0.5, 0.6) is 0 Å². The van der Waals surface area contributed by atoms with E-state index in [0.29, 0.717) is 6.32 Å². The molecule has 0 unspecified atom stereocenters. The summed E-state index contributed by atoms with van der Waals surface area (Å²) in [6.45, 7) is 6.87. The van der Waals surface area contributed by atoms with Gasteiger partial charge in [0, 0.05) is 8.07 Å². The molecule has 0 rings (SSSR count). The SMILES string of the molecule is C[Si](C)(C)CCCB(O)O. The Balaban J connectivity index is 3.21. The van der Waals surface area contributed by atoms with E-state index in [0.717, 1.165) is 6.42 Å². The molecule has 0 aliphatic heterocycles. The molecule has 0 fully saturated rings. The van der Waals surface area contributed by atoms with Crippen LogP contribution in [0.15, 0.2) is 0 Å². The molecule has 2 nitrogen and oxygen atoms in total. The van der Waals surface area contributed by atoms with Crippen molar-refractivity contribution >= 4 is 15.2 Å². The summed E-state index contributed by atoms with van der Waals surface area (Å²) in [5, 5.41) is 17.0. The molecular formula is C6H17BO2Si. The summed E-state index contributed by atoms with van der Waals surface area (Å²) < 4.78 is 0. The summed E-state index contributed by atoms with van der Waals surface area (Å²) in [7, 11) is -2.05. The van der Waals surface area contributed by atoms with Crippen LogP contribution in [0.2, 0.25) is 32.0 Å². The van der Waals surface area contributed by atoms with Gasteiger partial charge < -0.3 is 10.0 Å². The average Bonchev–Trinajstić information content (AvgIpc) is 1.59. The summed E-state index contributed by atoms with van der Waals surface area (Å²) in [6, 6.07) is 1.19. The predicted octanol–water partition coefficient (Wildman–Crippen LogP) is 1.19. The van der Waals surface area contributed by atoms with Gasteiger partial charge in [0.2, 0.25) is 0 Å². The fourth-order valence-electron chi connectivity index (χ4n) is 0.815. The average molecular weight is 160 g/mol. The third-order valence-electron chi connectivity index (χ3n) is 1.39. The molecule has 0 amide bonds. The first-order chi connectivity index (χ1) is 4.42. The minimum atomic E-state index is -1.10. The van der Waals surface area contributed by atoms with Crippen molar-refractivity contribution in [3.63, 3.8) is 0 Å². The highest BCUT2D eigenvalue weighted by molar-refractivity contribution is 6.76.